The number of piperazine rings is 1. The number of rotatable bonds is 5. The molecule has 1 saturated heterocycles. The summed E-state index contributed by atoms with van der Waals surface area (Å²) in [5.41, 5.74) is 0. The lowest BCUT2D eigenvalue weighted by Gasteiger charge is -2.27. The fraction of sp³-hybridized carbons (Fsp3) is 0.533. The average molecular weight is 319 g/mol. The van der Waals surface area contributed by atoms with E-state index in [1.807, 2.05) is 4.90 Å². The molecule has 2 aromatic heterocycles. The Morgan fingerprint density at radius 1 is 1.41 bits per heavy atom. The molecule has 3 heterocycles. The van der Waals surface area contributed by atoms with E-state index in [9.17, 15) is 4.79 Å². The van der Waals surface area contributed by atoms with Gasteiger partial charge in [-0.15, -0.1) is 11.3 Å². The first-order valence-electron chi connectivity index (χ1n) is 7.73. The third-order valence-corrected chi connectivity index (χ3v) is 5.02. The number of hydrogen-bond donors (Lipinski definition) is 2. The Hall–Kier alpha value is -1.73. The molecule has 1 aliphatic rings. The van der Waals surface area contributed by atoms with Gasteiger partial charge in [0.1, 0.15) is 17.0 Å². The van der Waals surface area contributed by atoms with Crippen molar-refractivity contribution in [3.05, 3.63) is 17.3 Å². The van der Waals surface area contributed by atoms with E-state index in [-0.39, 0.29) is 5.91 Å². The normalized spacial score (nSPS) is 15.2. The SMILES string of the molecule is CCc1cc2c(NCCC(=O)N3CCNCC3)ncnc2s1. The molecule has 0 unspecified atom stereocenters. The maximum Gasteiger partial charge on any atom is 0.224 e. The number of aryl methyl sites for hydroxylation is 1. The van der Waals surface area contributed by atoms with Crippen LogP contribution in [-0.2, 0) is 11.2 Å². The lowest BCUT2D eigenvalue weighted by molar-refractivity contribution is -0.131. The van der Waals surface area contributed by atoms with E-state index in [0.717, 1.165) is 48.6 Å². The van der Waals surface area contributed by atoms with Crippen molar-refractivity contribution in [2.75, 3.05) is 38.0 Å². The van der Waals surface area contributed by atoms with Crippen molar-refractivity contribution in [2.45, 2.75) is 19.8 Å². The van der Waals surface area contributed by atoms with E-state index in [0.29, 0.717) is 13.0 Å². The smallest absolute Gasteiger partial charge is 0.224 e. The lowest BCUT2D eigenvalue weighted by atomic mass is 10.3. The molecule has 0 bridgehead atoms. The zero-order valence-corrected chi connectivity index (χ0v) is 13.6. The molecule has 1 fully saturated rings. The van der Waals surface area contributed by atoms with E-state index >= 15 is 0 Å². The number of amides is 1. The summed E-state index contributed by atoms with van der Waals surface area (Å²) in [6, 6.07) is 2.14. The van der Waals surface area contributed by atoms with Gasteiger partial charge in [-0.1, -0.05) is 6.92 Å². The number of carbonyl (C=O) groups excluding carboxylic acids is 1. The quantitative estimate of drug-likeness (QED) is 0.874. The summed E-state index contributed by atoms with van der Waals surface area (Å²) >= 11 is 1.70. The third-order valence-electron chi connectivity index (χ3n) is 3.83. The molecule has 0 atom stereocenters. The minimum atomic E-state index is 0.207. The van der Waals surface area contributed by atoms with Gasteiger partial charge in [-0.05, 0) is 12.5 Å². The lowest BCUT2D eigenvalue weighted by Crippen LogP contribution is -2.46. The average Bonchev–Trinajstić information content (AvgIpc) is 2.99. The van der Waals surface area contributed by atoms with E-state index in [1.165, 1.54) is 4.88 Å². The standard InChI is InChI=1S/C15H21N5OS/c1-2-11-9-12-14(18-10-19-15(12)22-11)17-4-3-13(21)20-7-5-16-6-8-20/h9-10,16H,2-8H2,1H3,(H,17,18,19). The molecular formula is C15H21N5OS. The summed E-state index contributed by atoms with van der Waals surface area (Å²) in [7, 11) is 0. The zero-order valence-electron chi connectivity index (χ0n) is 12.8. The van der Waals surface area contributed by atoms with Gasteiger partial charge in [0.25, 0.3) is 0 Å². The molecule has 0 spiro atoms. The van der Waals surface area contributed by atoms with Gasteiger partial charge in [0.15, 0.2) is 0 Å². The van der Waals surface area contributed by atoms with Crippen molar-refractivity contribution in [1.82, 2.24) is 20.2 Å². The van der Waals surface area contributed by atoms with Crippen LogP contribution in [0, 0.1) is 0 Å². The van der Waals surface area contributed by atoms with Gasteiger partial charge in [0.2, 0.25) is 5.91 Å². The van der Waals surface area contributed by atoms with Crippen molar-refractivity contribution in [3.8, 4) is 0 Å². The molecule has 3 rings (SSSR count). The number of nitrogens with zero attached hydrogens (tertiary/aromatic N) is 3. The topological polar surface area (TPSA) is 70.2 Å². The highest BCUT2D eigenvalue weighted by Crippen LogP contribution is 2.28. The van der Waals surface area contributed by atoms with Crippen molar-refractivity contribution < 1.29 is 4.79 Å². The molecule has 0 aliphatic carbocycles. The number of nitrogens with one attached hydrogen (secondary N) is 2. The number of anilines is 1. The summed E-state index contributed by atoms with van der Waals surface area (Å²) in [6.07, 6.45) is 3.08. The van der Waals surface area contributed by atoms with E-state index in [1.54, 1.807) is 17.7 Å². The second-order valence-corrected chi connectivity index (χ2v) is 6.43. The Kier molecular flexibility index (Phi) is 4.84. The van der Waals surface area contributed by atoms with Gasteiger partial charge in [-0.2, -0.15) is 0 Å². The molecule has 0 radical (unpaired) electrons. The molecular weight excluding hydrogens is 298 g/mol. The predicted octanol–water partition coefficient (Wildman–Crippen LogP) is 1.49. The van der Waals surface area contributed by atoms with E-state index in [2.05, 4.69) is 33.6 Å². The zero-order chi connectivity index (χ0) is 15.4. The first kappa shape index (κ1) is 15.2. The Labute approximate surface area is 133 Å². The van der Waals surface area contributed by atoms with Gasteiger partial charge in [-0.25, -0.2) is 9.97 Å². The largest absolute Gasteiger partial charge is 0.369 e. The van der Waals surface area contributed by atoms with E-state index < -0.39 is 0 Å². The fourth-order valence-electron chi connectivity index (χ4n) is 2.58. The number of hydrogen-bond acceptors (Lipinski definition) is 6. The molecule has 0 saturated carbocycles. The van der Waals surface area contributed by atoms with Crippen LogP contribution < -0.4 is 10.6 Å². The summed E-state index contributed by atoms with van der Waals surface area (Å²) in [6.45, 7) is 6.13. The Balaban J connectivity index is 1.59. The van der Waals surface area contributed by atoms with Crippen molar-refractivity contribution in [1.29, 1.82) is 0 Å². The van der Waals surface area contributed by atoms with Crippen LogP contribution in [0.4, 0.5) is 5.82 Å². The Bertz CT molecular complexity index is 650. The molecule has 1 aliphatic heterocycles. The molecule has 0 aromatic carbocycles. The molecule has 2 aromatic rings. The Morgan fingerprint density at radius 2 is 2.23 bits per heavy atom. The predicted molar refractivity (Wildman–Crippen MR) is 89.3 cm³/mol. The van der Waals surface area contributed by atoms with Crippen LogP contribution in [0.2, 0.25) is 0 Å². The minimum absolute atomic E-state index is 0.207. The van der Waals surface area contributed by atoms with Crippen LogP contribution in [0.5, 0.6) is 0 Å². The maximum atomic E-state index is 12.1. The molecule has 118 valence electrons. The van der Waals surface area contributed by atoms with Crippen molar-refractivity contribution >= 4 is 33.3 Å². The van der Waals surface area contributed by atoms with Crippen LogP contribution in [0.1, 0.15) is 18.2 Å². The van der Waals surface area contributed by atoms with Gasteiger partial charge in [0.05, 0.1) is 5.39 Å². The molecule has 1 amide bonds. The second-order valence-electron chi connectivity index (χ2n) is 5.31. The number of carbonyl (C=O) groups is 1. The van der Waals surface area contributed by atoms with Crippen LogP contribution in [0.25, 0.3) is 10.2 Å². The number of thiophene rings is 1. The highest BCUT2D eigenvalue weighted by atomic mass is 32.1. The second kappa shape index (κ2) is 7.02. The van der Waals surface area contributed by atoms with Crippen LogP contribution >= 0.6 is 11.3 Å². The summed E-state index contributed by atoms with van der Waals surface area (Å²) in [4.78, 5) is 25.0. The van der Waals surface area contributed by atoms with Crippen LogP contribution in [0.3, 0.4) is 0 Å². The summed E-state index contributed by atoms with van der Waals surface area (Å²) in [5.74, 6) is 1.04. The number of fused-ring (bicyclic) bond motifs is 1. The monoisotopic (exact) mass is 319 g/mol. The van der Waals surface area contributed by atoms with Crippen molar-refractivity contribution in [2.24, 2.45) is 0 Å². The molecule has 22 heavy (non-hydrogen) atoms. The maximum absolute atomic E-state index is 12.1. The first-order chi connectivity index (χ1) is 10.8. The molecule has 6 nitrogen and oxygen atoms in total. The first-order valence-corrected chi connectivity index (χ1v) is 8.55. The molecule has 2 N–H and O–H groups in total. The minimum Gasteiger partial charge on any atom is -0.369 e. The highest BCUT2D eigenvalue weighted by Gasteiger charge is 2.15. The summed E-state index contributed by atoms with van der Waals surface area (Å²) in [5, 5.41) is 7.60. The van der Waals surface area contributed by atoms with Gasteiger partial charge in [-0.3, -0.25) is 4.79 Å². The van der Waals surface area contributed by atoms with Gasteiger partial charge in [0, 0.05) is 44.0 Å². The van der Waals surface area contributed by atoms with E-state index in [4.69, 9.17) is 0 Å². The highest BCUT2D eigenvalue weighted by molar-refractivity contribution is 7.18. The fourth-order valence-corrected chi connectivity index (χ4v) is 3.52. The van der Waals surface area contributed by atoms with Gasteiger partial charge >= 0.3 is 0 Å². The molecule has 7 heteroatoms. The third kappa shape index (κ3) is 3.36. The van der Waals surface area contributed by atoms with Crippen LogP contribution in [0.15, 0.2) is 12.4 Å². The Morgan fingerprint density at radius 3 is 3.00 bits per heavy atom. The van der Waals surface area contributed by atoms with Crippen LogP contribution in [-0.4, -0.2) is 53.5 Å². The van der Waals surface area contributed by atoms with Crippen molar-refractivity contribution in [3.63, 3.8) is 0 Å². The summed E-state index contributed by atoms with van der Waals surface area (Å²) < 4.78 is 0. The van der Waals surface area contributed by atoms with Gasteiger partial charge < -0.3 is 15.5 Å². The number of aromatic nitrogens is 2.